The monoisotopic (exact) mass is 337 g/mol. The van der Waals surface area contributed by atoms with E-state index in [1.165, 1.54) is 36.4 Å². The van der Waals surface area contributed by atoms with E-state index in [9.17, 15) is 24.3 Å². The van der Waals surface area contributed by atoms with Gasteiger partial charge in [0.05, 0.1) is 11.4 Å². The number of carbonyl (C=O) groups is 1. The van der Waals surface area contributed by atoms with Crippen molar-refractivity contribution >= 4 is 24.0 Å². The number of benzene rings is 1. The highest BCUT2D eigenvalue weighted by molar-refractivity contribution is 5.96. The smallest absolute Gasteiger partial charge is 0.240 e. The minimum absolute atomic E-state index is 0.0131. The molecule has 0 bridgehead atoms. The third kappa shape index (κ3) is 3.87. The maximum absolute atomic E-state index is 12.8. The molecule has 1 aliphatic carbocycles. The van der Waals surface area contributed by atoms with E-state index in [1.54, 1.807) is 18.2 Å². The van der Waals surface area contributed by atoms with Crippen molar-refractivity contribution in [3.63, 3.8) is 0 Å². The molecule has 0 radical (unpaired) electrons. The number of ketones is 1. The molecule has 25 heavy (non-hydrogen) atoms. The summed E-state index contributed by atoms with van der Waals surface area (Å²) in [4.78, 5) is 55.1. The highest BCUT2D eigenvalue weighted by Crippen LogP contribution is 2.35. The first-order valence-electron chi connectivity index (χ1n) is 7.02. The van der Waals surface area contributed by atoms with Crippen LogP contribution in [0.1, 0.15) is 18.1 Å². The van der Waals surface area contributed by atoms with Crippen molar-refractivity contribution in [3.05, 3.63) is 59.4 Å². The predicted octanol–water partition coefficient (Wildman–Crippen LogP) is 1.21. The number of aliphatic imine (C=N–C) groups is 3. The van der Waals surface area contributed by atoms with E-state index >= 15 is 0 Å². The summed E-state index contributed by atoms with van der Waals surface area (Å²) in [6.07, 6.45) is 4.35. The lowest BCUT2D eigenvalue weighted by Gasteiger charge is -2.28. The fourth-order valence-electron chi connectivity index (χ4n) is 2.47. The Hall–Kier alpha value is -3.53. The molecule has 0 aromatic heterocycles. The second-order valence-electron chi connectivity index (χ2n) is 5.09. The normalized spacial score (nSPS) is 19.9. The molecular weight excluding hydrogens is 326 g/mol. The first-order chi connectivity index (χ1) is 12.1. The highest BCUT2D eigenvalue weighted by atomic mass is 16.3. The van der Waals surface area contributed by atoms with Gasteiger partial charge in [-0.15, -0.1) is 0 Å². The molecule has 0 fully saturated rings. The summed E-state index contributed by atoms with van der Waals surface area (Å²) >= 11 is 0. The number of hydrogen-bond donors (Lipinski definition) is 1. The van der Waals surface area contributed by atoms with Crippen LogP contribution in [0.4, 0.5) is 0 Å². The summed E-state index contributed by atoms with van der Waals surface area (Å²) in [5, 5.41) is 10.4. The number of rotatable bonds is 6. The molecule has 0 heterocycles. The van der Waals surface area contributed by atoms with Gasteiger partial charge < -0.3 is 5.11 Å². The molecule has 0 aliphatic heterocycles. The molecule has 8 heteroatoms. The number of hydrogen-bond acceptors (Lipinski definition) is 8. The van der Waals surface area contributed by atoms with Crippen molar-refractivity contribution < 1.29 is 24.3 Å². The minimum Gasteiger partial charge on any atom is -0.380 e. The average molecular weight is 337 g/mol. The summed E-state index contributed by atoms with van der Waals surface area (Å²) in [7, 11) is 0. The molecule has 2 atom stereocenters. The van der Waals surface area contributed by atoms with Crippen molar-refractivity contribution in [3.8, 4) is 0 Å². The Morgan fingerprint density at radius 3 is 2.36 bits per heavy atom. The lowest BCUT2D eigenvalue weighted by Crippen LogP contribution is -2.40. The van der Waals surface area contributed by atoms with Crippen LogP contribution < -0.4 is 0 Å². The molecule has 0 saturated carbocycles. The van der Waals surface area contributed by atoms with E-state index < -0.39 is 17.4 Å². The number of carbonyl (C=O) groups excluding carboxylic acids is 4. The van der Waals surface area contributed by atoms with Crippen LogP contribution >= 0.6 is 0 Å². The van der Waals surface area contributed by atoms with Gasteiger partial charge in [0.15, 0.2) is 11.3 Å². The number of allylic oxidation sites excluding steroid dienone is 1. The van der Waals surface area contributed by atoms with Gasteiger partial charge >= 0.3 is 0 Å². The summed E-state index contributed by atoms with van der Waals surface area (Å²) in [5.41, 5.74) is -1.68. The van der Waals surface area contributed by atoms with E-state index in [1.807, 2.05) is 0 Å². The molecular formula is C17H11N3O5. The van der Waals surface area contributed by atoms with Crippen molar-refractivity contribution in [1.82, 2.24) is 0 Å². The Labute approximate surface area is 141 Å². The lowest BCUT2D eigenvalue weighted by atomic mass is 9.81. The number of aliphatic hydroxyl groups is 1. The van der Waals surface area contributed by atoms with Gasteiger partial charge in [0, 0.05) is 6.42 Å². The molecule has 1 N–H and O–H groups in total. The fraction of sp³-hybridized carbons (Fsp3) is 0.176. The Bertz CT molecular complexity index is 886. The predicted molar refractivity (Wildman–Crippen MR) is 84.3 cm³/mol. The van der Waals surface area contributed by atoms with Crippen LogP contribution in [0.2, 0.25) is 0 Å². The second-order valence-corrected chi connectivity index (χ2v) is 5.09. The zero-order chi connectivity index (χ0) is 18.3. The molecule has 2 unspecified atom stereocenters. The van der Waals surface area contributed by atoms with Gasteiger partial charge in [-0.25, -0.2) is 14.4 Å². The summed E-state index contributed by atoms with van der Waals surface area (Å²) in [5.74, 6) is -0.854. The largest absolute Gasteiger partial charge is 0.380 e. The van der Waals surface area contributed by atoms with Crippen LogP contribution in [0.3, 0.4) is 0 Å². The number of nitrogens with zero attached hydrogens (tertiary/aromatic N) is 3. The minimum atomic E-state index is -1.91. The van der Waals surface area contributed by atoms with Crippen LogP contribution in [0.25, 0.3) is 0 Å². The fourth-order valence-corrected chi connectivity index (χ4v) is 2.47. The molecule has 1 aromatic rings. The summed E-state index contributed by atoms with van der Waals surface area (Å²) in [6.45, 7) is 0. The Morgan fingerprint density at radius 1 is 1.08 bits per heavy atom. The molecule has 124 valence electrons. The first kappa shape index (κ1) is 17.8. The number of Topliss-reactive ketones (excluding diaryl/α,β-unsaturated/α-hetero) is 1. The van der Waals surface area contributed by atoms with Gasteiger partial charge in [0.25, 0.3) is 0 Å². The standard InChI is InChI=1S/C17H11N3O5/c21-9-18-13-6-14(19-10-22)8-17(7-13,20-11-23)16(25)15(24)12-4-2-1-3-5-12/h1-7,15,24H,8H2. The molecule has 1 aliphatic rings. The maximum atomic E-state index is 12.8. The molecule has 0 spiro atoms. The van der Waals surface area contributed by atoms with Crippen LogP contribution in [0.15, 0.2) is 68.9 Å². The van der Waals surface area contributed by atoms with E-state index in [0.29, 0.717) is 0 Å². The maximum Gasteiger partial charge on any atom is 0.240 e. The highest BCUT2D eigenvalue weighted by Gasteiger charge is 2.43. The molecule has 2 rings (SSSR count). The molecule has 1 aromatic carbocycles. The van der Waals surface area contributed by atoms with Crippen molar-refractivity contribution in [2.75, 3.05) is 0 Å². The summed E-state index contributed by atoms with van der Waals surface area (Å²) in [6, 6.07) is 8.01. The zero-order valence-electron chi connectivity index (χ0n) is 12.7. The van der Waals surface area contributed by atoms with Crippen molar-refractivity contribution in [2.45, 2.75) is 18.1 Å². The molecule has 0 amide bonds. The van der Waals surface area contributed by atoms with Gasteiger partial charge in [-0.2, -0.15) is 15.0 Å². The van der Waals surface area contributed by atoms with Crippen molar-refractivity contribution in [2.24, 2.45) is 15.0 Å². The van der Waals surface area contributed by atoms with Gasteiger partial charge in [-0.1, -0.05) is 30.3 Å². The average Bonchev–Trinajstić information content (AvgIpc) is 2.62. The Morgan fingerprint density at radius 2 is 1.76 bits per heavy atom. The topological polar surface area (TPSA) is 126 Å². The lowest BCUT2D eigenvalue weighted by molar-refractivity contribution is -0.131. The zero-order valence-corrected chi connectivity index (χ0v) is 12.7. The molecule has 8 nitrogen and oxygen atoms in total. The van der Waals surface area contributed by atoms with Gasteiger partial charge in [0.1, 0.15) is 6.10 Å². The van der Waals surface area contributed by atoms with Gasteiger partial charge in [0.2, 0.25) is 18.2 Å². The SMILES string of the molecule is O=C=NC1=CC(N=C=O)(C(=O)C(O)c2ccccc2)CC(N=C=O)=C1. The van der Waals surface area contributed by atoms with Gasteiger partial charge in [-0.3, -0.25) is 4.79 Å². The van der Waals surface area contributed by atoms with Crippen LogP contribution in [0, 0.1) is 0 Å². The first-order valence-corrected chi connectivity index (χ1v) is 7.02. The number of isocyanates is 3. The second kappa shape index (κ2) is 7.84. The van der Waals surface area contributed by atoms with E-state index in [4.69, 9.17) is 0 Å². The van der Waals surface area contributed by atoms with Gasteiger partial charge in [-0.05, 0) is 17.7 Å². The van der Waals surface area contributed by atoms with Crippen molar-refractivity contribution in [1.29, 1.82) is 0 Å². The molecule has 0 saturated heterocycles. The van der Waals surface area contributed by atoms with E-state index in [2.05, 4.69) is 15.0 Å². The Kier molecular flexibility index (Phi) is 5.58. The third-order valence-corrected chi connectivity index (χ3v) is 3.55. The Balaban J connectivity index is 2.56. The third-order valence-electron chi connectivity index (χ3n) is 3.55. The van der Waals surface area contributed by atoms with E-state index in [0.717, 1.165) is 6.08 Å². The van der Waals surface area contributed by atoms with Crippen LogP contribution in [-0.4, -0.2) is 34.7 Å². The van der Waals surface area contributed by atoms with Crippen LogP contribution in [0.5, 0.6) is 0 Å². The summed E-state index contributed by atoms with van der Waals surface area (Å²) < 4.78 is 0. The number of aliphatic hydroxyl groups excluding tert-OH is 1. The van der Waals surface area contributed by atoms with E-state index in [-0.39, 0.29) is 23.4 Å². The quantitative estimate of drug-likeness (QED) is 0.617. The van der Waals surface area contributed by atoms with Crippen LogP contribution in [-0.2, 0) is 19.2 Å².